The quantitative estimate of drug-likeness (QED) is 0.587. The van der Waals surface area contributed by atoms with Gasteiger partial charge < -0.3 is 0 Å². The molecular weight excluding hydrogens is 183 g/mol. The van der Waals surface area contributed by atoms with Crippen LogP contribution < -0.4 is 0 Å². The summed E-state index contributed by atoms with van der Waals surface area (Å²) in [7, 11) is -0.811. The molecule has 2 heterocycles. The third kappa shape index (κ3) is 2.45. The number of fused-ring (bicyclic) bond motifs is 2. The molecular formula is C12H25BSi. The Kier molecular flexibility index (Phi) is 3.11. The molecule has 0 aromatic rings. The smallest absolute Gasteiger partial charge is 0.0779 e. The molecule has 2 aliphatic heterocycles. The minimum atomic E-state index is -0.811. The van der Waals surface area contributed by atoms with E-state index in [2.05, 4.69) is 19.6 Å². The van der Waals surface area contributed by atoms with E-state index in [1.165, 1.54) is 12.8 Å². The third-order valence-corrected chi connectivity index (χ3v) is 6.05. The lowest BCUT2D eigenvalue weighted by atomic mass is 9.28. The maximum absolute atomic E-state index is 2.55. The van der Waals surface area contributed by atoms with Gasteiger partial charge in [0.05, 0.1) is 0 Å². The molecule has 2 saturated heterocycles. The van der Waals surface area contributed by atoms with Crippen LogP contribution in [0.1, 0.15) is 38.5 Å². The monoisotopic (exact) mass is 208 g/mol. The van der Waals surface area contributed by atoms with Crippen molar-refractivity contribution >= 4 is 14.8 Å². The molecule has 0 amide bonds. The molecule has 2 bridgehead atoms. The van der Waals surface area contributed by atoms with Gasteiger partial charge in [0.25, 0.3) is 0 Å². The normalized spacial score (nSPS) is 33.2. The Hall–Kier alpha value is 0.282. The van der Waals surface area contributed by atoms with E-state index in [0.717, 1.165) is 18.3 Å². The van der Waals surface area contributed by atoms with E-state index in [1.54, 1.807) is 31.6 Å². The van der Waals surface area contributed by atoms with Crippen LogP contribution >= 0.6 is 0 Å². The molecule has 0 radical (unpaired) electrons. The summed E-state index contributed by atoms with van der Waals surface area (Å²) in [6.45, 7) is 8.80. The van der Waals surface area contributed by atoms with Crippen LogP contribution in [0.4, 0.5) is 0 Å². The van der Waals surface area contributed by atoms with E-state index in [9.17, 15) is 0 Å². The first kappa shape index (κ1) is 10.8. The van der Waals surface area contributed by atoms with Crippen LogP contribution in [0, 0.1) is 0 Å². The zero-order valence-electron chi connectivity index (χ0n) is 10.2. The predicted molar refractivity (Wildman–Crippen MR) is 69.1 cm³/mol. The highest BCUT2D eigenvalue weighted by molar-refractivity contribution is 6.88. The second kappa shape index (κ2) is 4.04. The van der Waals surface area contributed by atoms with E-state index < -0.39 is 8.07 Å². The molecule has 2 aliphatic rings. The Labute approximate surface area is 90.9 Å². The highest BCUT2D eigenvalue weighted by Gasteiger charge is 2.40. The first-order chi connectivity index (χ1) is 6.56. The summed E-state index contributed by atoms with van der Waals surface area (Å²) < 4.78 is 0. The molecule has 0 saturated carbocycles. The number of hydrogen-bond acceptors (Lipinski definition) is 0. The van der Waals surface area contributed by atoms with E-state index in [1.807, 2.05) is 0 Å². The van der Waals surface area contributed by atoms with Crippen molar-refractivity contribution in [1.82, 2.24) is 0 Å². The van der Waals surface area contributed by atoms with Gasteiger partial charge in [-0.25, -0.2) is 0 Å². The summed E-state index contributed by atoms with van der Waals surface area (Å²) in [5, 5.41) is 0. The van der Waals surface area contributed by atoms with E-state index in [0.29, 0.717) is 0 Å². The van der Waals surface area contributed by atoms with Crippen molar-refractivity contribution in [1.29, 1.82) is 0 Å². The average Bonchev–Trinajstić information content (AvgIpc) is 1.99. The fraction of sp³-hybridized carbons (Fsp3) is 1.00. The molecule has 14 heavy (non-hydrogen) atoms. The molecule has 2 heteroatoms. The topological polar surface area (TPSA) is 0 Å². The van der Waals surface area contributed by atoms with Gasteiger partial charge in [-0.2, -0.15) is 0 Å². The van der Waals surface area contributed by atoms with Crippen LogP contribution in [0.15, 0.2) is 0 Å². The zero-order chi connectivity index (χ0) is 10.2. The third-order valence-electron chi connectivity index (χ3n) is 4.36. The van der Waals surface area contributed by atoms with Crippen LogP contribution in [0.2, 0.25) is 37.2 Å². The van der Waals surface area contributed by atoms with Crippen molar-refractivity contribution in [2.75, 3.05) is 0 Å². The molecule has 80 valence electrons. The van der Waals surface area contributed by atoms with Gasteiger partial charge in [-0.15, -0.1) is 0 Å². The minimum Gasteiger partial charge on any atom is -0.0779 e. The van der Waals surface area contributed by atoms with Gasteiger partial charge in [0.2, 0.25) is 0 Å². The van der Waals surface area contributed by atoms with Crippen molar-refractivity contribution in [2.45, 2.75) is 75.7 Å². The fourth-order valence-corrected chi connectivity index (χ4v) is 5.94. The summed E-state index contributed by atoms with van der Waals surface area (Å²) in [6.07, 6.45) is 9.32. The molecule has 0 aromatic heterocycles. The SMILES string of the molecule is C[Si](C)(C)CB1C2CCCC1CCC2. The van der Waals surface area contributed by atoms with Crippen LogP contribution in [0.3, 0.4) is 0 Å². The lowest BCUT2D eigenvalue weighted by Gasteiger charge is -2.42. The highest BCUT2D eigenvalue weighted by Crippen LogP contribution is 2.48. The van der Waals surface area contributed by atoms with E-state index in [-0.39, 0.29) is 0 Å². The van der Waals surface area contributed by atoms with Gasteiger partial charge >= 0.3 is 0 Å². The lowest BCUT2D eigenvalue weighted by Crippen LogP contribution is -2.40. The Morgan fingerprint density at radius 2 is 1.36 bits per heavy atom. The number of hydrogen-bond donors (Lipinski definition) is 0. The summed E-state index contributed by atoms with van der Waals surface area (Å²) in [6, 6.07) is 0. The summed E-state index contributed by atoms with van der Waals surface area (Å²) in [5.41, 5.74) is 0. The molecule has 0 N–H and O–H groups in total. The second-order valence-corrected chi connectivity index (χ2v) is 12.3. The van der Waals surface area contributed by atoms with Crippen molar-refractivity contribution in [3.05, 3.63) is 0 Å². The van der Waals surface area contributed by atoms with Crippen LogP contribution in [0.25, 0.3) is 0 Å². The van der Waals surface area contributed by atoms with Gasteiger partial charge in [-0.3, -0.25) is 0 Å². The average molecular weight is 208 g/mol. The van der Waals surface area contributed by atoms with Crippen molar-refractivity contribution in [3.8, 4) is 0 Å². The Morgan fingerprint density at radius 3 is 1.71 bits per heavy atom. The second-order valence-electron chi connectivity index (χ2n) is 6.81. The van der Waals surface area contributed by atoms with Gasteiger partial charge in [0.15, 0.2) is 0 Å². The summed E-state index contributed by atoms with van der Waals surface area (Å²) in [5.74, 6) is 3.88. The predicted octanol–water partition coefficient (Wildman–Crippen LogP) is 4.47. The molecule has 0 nitrogen and oxygen atoms in total. The zero-order valence-corrected chi connectivity index (χ0v) is 11.2. The van der Waals surface area contributed by atoms with Crippen LogP contribution in [0.5, 0.6) is 0 Å². The van der Waals surface area contributed by atoms with Gasteiger partial charge in [0.1, 0.15) is 6.71 Å². The molecule has 0 unspecified atom stereocenters. The molecule has 2 fully saturated rings. The van der Waals surface area contributed by atoms with Gasteiger partial charge in [-0.1, -0.05) is 75.7 Å². The fourth-order valence-electron chi connectivity index (χ4n) is 3.85. The first-order valence-corrected chi connectivity index (χ1v) is 10.3. The largest absolute Gasteiger partial charge is 0.143 e. The summed E-state index contributed by atoms with van der Waals surface area (Å²) >= 11 is 0. The Morgan fingerprint density at radius 1 is 0.929 bits per heavy atom. The maximum atomic E-state index is 2.55. The van der Waals surface area contributed by atoms with Crippen LogP contribution in [-0.4, -0.2) is 14.8 Å². The first-order valence-electron chi connectivity index (χ1n) is 6.56. The molecule has 0 spiro atoms. The van der Waals surface area contributed by atoms with E-state index in [4.69, 9.17) is 0 Å². The van der Waals surface area contributed by atoms with Crippen molar-refractivity contribution in [3.63, 3.8) is 0 Å². The highest BCUT2D eigenvalue weighted by atomic mass is 28.3. The standard InChI is InChI=1S/C12H25BSi/c1-14(2,3)10-13-11-6-4-7-12(13)9-5-8-11/h11-12H,4-10H2,1-3H3. The Balaban J connectivity index is 2.01. The van der Waals surface area contributed by atoms with Crippen molar-refractivity contribution in [2.24, 2.45) is 0 Å². The Bertz CT molecular complexity index is 175. The molecule has 0 aromatic carbocycles. The minimum absolute atomic E-state index is 0.811. The van der Waals surface area contributed by atoms with E-state index >= 15 is 0 Å². The van der Waals surface area contributed by atoms with Gasteiger partial charge in [-0.05, 0) is 0 Å². The number of rotatable bonds is 2. The van der Waals surface area contributed by atoms with Gasteiger partial charge in [0, 0.05) is 8.07 Å². The molecule has 0 aliphatic carbocycles. The van der Waals surface area contributed by atoms with Crippen molar-refractivity contribution < 1.29 is 0 Å². The summed E-state index contributed by atoms with van der Waals surface area (Å²) in [4.78, 5) is 0. The van der Waals surface area contributed by atoms with Crippen LogP contribution in [-0.2, 0) is 0 Å². The molecule has 0 atom stereocenters. The lowest BCUT2D eigenvalue weighted by molar-refractivity contribution is 0.444. The molecule has 2 rings (SSSR count). The maximum Gasteiger partial charge on any atom is 0.143 e.